The van der Waals surface area contributed by atoms with Crippen molar-refractivity contribution in [2.75, 3.05) is 44.2 Å². The topological polar surface area (TPSA) is 60.0 Å². The van der Waals surface area contributed by atoms with Gasteiger partial charge in [0.05, 0.1) is 0 Å². The molecule has 0 radical (unpaired) electrons. The van der Waals surface area contributed by atoms with Crippen molar-refractivity contribution < 1.29 is 4.79 Å². The van der Waals surface area contributed by atoms with Gasteiger partial charge in [-0.15, -0.1) is 0 Å². The van der Waals surface area contributed by atoms with Crippen LogP contribution in [0.1, 0.15) is 38.7 Å². The number of nitrogens with one attached hydrogen (secondary N) is 2. The van der Waals surface area contributed by atoms with Gasteiger partial charge in [0.1, 0.15) is 6.54 Å². The molecule has 1 atom stereocenters. The molecule has 0 spiro atoms. The average molecular weight is 372 g/mol. The van der Waals surface area contributed by atoms with Gasteiger partial charge in [-0.1, -0.05) is 25.1 Å². The summed E-state index contributed by atoms with van der Waals surface area (Å²) in [6, 6.07) is 8.76. The van der Waals surface area contributed by atoms with Gasteiger partial charge in [0.2, 0.25) is 5.91 Å². The summed E-state index contributed by atoms with van der Waals surface area (Å²) in [7, 11) is 0. The fourth-order valence-electron chi connectivity index (χ4n) is 4.12. The first-order chi connectivity index (χ1) is 13.2. The van der Waals surface area contributed by atoms with Gasteiger partial charge in [-0.3, -0.25) is 9.69 Å². The highest BCUT2D eigenvalue weighted by molar-refractivity contribution is 5.97. The molecule has 148 valence electrons. The van der Waals surface area contributed by atoms with E-state index in [0.717, 1.165) is 50.7 Å². The zero-order valence-electron chi connectivity index (χ0n) is 16.7. The first kappa shape index (κ1) is 19.7. The Labute approximate surface area is 163 Å². The van der Waals surface area contributed by atoms with Crippen molar-refractivity contribution in [1.29, 1.82) is 0 Å². The second-order valence-electron chi connectivity index (χ2n) is 7.28. The van der Waals surface area contributed by atoms with Crippen LogP contribution in [0.15, 0.2) is 29.3 Å². The van der Waals surface area contributed by atoms with E-state index in [1.807, 2.05) is 30.0 Å². The van der Waals surface area contributed by atoms with Crippen LogP contribution in [0.5, 0.6) is 0 Å². The largest absolute Gasteiger partial charge is 0.357 e. The lowest BCUT2D eigenvalue weighted by Gasteiger charge is -2.29. The van der Waals surface area contributed by atoms with Crippen LogP contribution in [0.4, 0.5) is 5.69 Å². The number of hydrogen-bond donors (Lipinski definition) is 2. The second-order valence-corrected chi connectivity index (χ2v) is 7.28. The zero-order chi connectivity index (χ0) is 19.1. The highest BCUT2D eigenvalue weighted by atomic mass is 16.2. The Bertz CT molecular complexity index is 660. The van der Waals surface area contributed by atoms with E-state index in [0.29, 0.717) is 6.04 Å². The van der Waals surface area contributed by atoms with Crippen LogP contribution in [0.2, 0.25) is 0 Å². The van der Waals surface area contributed by atoms with Crippen molar-refractivity contribution in [2.45, 2.75) is 45.6 Å². The van der Waals surface area contributed by atoms with Gasteiger partial charge in [-0.2, -0.15) is 0 Å². The van der Waals surface area contributed by atoms with Crippen molar-refractivity contribution >= 4 is 17.6 Å². The third-order valence-electron chi connectivity index (χ3n) is 5.54. The van der Waals surface area contributed by atoms with Gasteiger partial charge in [0, 0.05) is 31.4 Å². The highest BCUT2D eigenvalue weighted by Crippen LogP contribution is 2.26. The minimum Gasteiger partial charge on any atom is -0.357 e. The number of likely N-dealkylation sites (N-methyl/N-ethyl adjacent to an activating group) is 1. The van der Waals surface area contributed by atoms with Crippen LogP contribution in [-0.2, 0) is 11.2 Å². The molecule has 1 amide bonds. The second kappa shape index (κ2) is 9.74. The number of hydrogen-bond acceptors (Lipinski definition) is 3. The Morgan fingerprint density at radius 3 is 2.85 bits per heavy atom. The quantitative estimate of drug-likeness (QED) is 0.593. The molecule has 2 aliphatic rings. The fourth-order valence-corrected chi connectivity index (χ4v) is 4.12. The summed E-state index contributed by atoms with van der Waals surface area (Å²) >= 11 is 0. The molecule has 1 aromatic carbocycles. The molecule has 6 heteroatoms. The molecular formula is C21H33N5O. The van der Waals surface area contributed by atoms with E-state index < -0.39 is 0 Å². The predicted molar refractivity (Wildman–Crippen MR) is 111 cm³/mol. The molecule has 1 unspecified atom stereocenters. The number of guanidine groups is 1. The Morgan fingerprint density at radius 2 is 2.04 bits per heavy atom. The molecule has 6 nitrogen and oxygen atoms in total. The van der Waals surface area contributed by atoms with E-state index in [4.69, 9.17) is 0 Å². The van der Waals surface area contributed by atoms with E-state index in [1.54, 1.807) is 0 Å². The molecule has 0 bridgehead atoms. The lowest BCUT2D eigenvalue weighted by molar-refractivity contribution is -0.117. The summed E-state index contributed by atoms with van der Waals surface area (Å²) in [6.45, 7) is 9.15. The van der Waals surface area contributed by atoms with Crippen molar-refractivity contribution in [3.05, 3.63) is 29.8 Å². The van der Waals surface area contributed by atoms with Crippen molar-refractivity contribution in [3.63, 3.8) is 0 Å². The minimum atomic E-state index is 0.0652. The first-order valence-corrected chi connectivity index (χ1v) is 10.4. The molecule has 1 fully saturated rings. The maximum absolute atomic E-state index is 12.8. The van der Waals surface area contributed by atoms with E-state index >= 15 is 0 Å². The molecule has 3 rings (SSSR count). The monoisotopic (exact) mass is 371 g/mol. The molecule has 0 aliphatic carbocycles. The average Bonchev–Trinajstić information content (AvgIpc) is 3.17. The van der Waals surface area contributed by atoms with Crippen LogP contribution in [0.3, 0.4) is 0 Å². The van der Waals surface area contributed by atoms with Gasteiger partial charge < -0.3 is 15.5 Å². The summed E-state index contributed by atoms with van der Waals surface area (Å²) in [5.74, 6) is 0.800. The number of carbonyl (C=O) groups is 1. The van der Waals surface area contributed by atoms with Crippen molar-refractivity contribution in [1.82, 2.24) is 15.5 Å². The molecule has 2 aliphatic heterocycles. The summed E-state index contributed by atoms with van der Waals surface area (Å²) in [5, 5.41) is 6.70. The lowest BCUT2D eigenvalue weighted by Crippen LogP contribution is -2.45. The Morgan fingerprint density at radius 1 is 1.19 bits per heavy atom. The predicted octanol–water partition coefficient (Wildman–Crippen LogP) is 2.01. The van der Waals surface area contributed by atoms with E-state index in [1.165, 1.54) is 24.9 Å². The molecule has 1 saturated heterocycles. The normalized spacial score (nSPS) is 20.4. The number of carbonyl (C=O) groups excluding carboxylic acids is 1. The maximum Gasteiger partial charge on any atom is 0.248 e. The Hall–Kier alpha value is -2.08. The lowest BCUT2D eigenvalue weighted by atomic mass is 10.0. The van der Waals surface area contributed by atoms with Gasteiger partial charge in [-0.25, -0.2) is 4.99 Å². The smallest absolute Gasteiger partial charge is 0.248 e. The third-order valence-corrected chi connectivity index (χ3v) is 5.54. The van der Waals surface area contributed by atoms with Crippen LogP contribution in [0.25, 0.3) is 0 Å². The number of anilines is 1. The van der Waals surface area contributed by atoms with E-state index in [2.05, 4.69) is 33.5 Å². The molecular weight excluding hydrogens is 338 g/mol. The molecule has 27 heavy (non-hydrogen) atoms. The number of rotatable bonds is 6. The van der Waals surface area contributed by atoms with Gasteiger partial charge >= 0.3 is 0 Å². The zero-order valence-corrected chi connectivity index (χ0v) is 16.7. The van der Waals surface area contributed by atoms with Gasteiger partial charge in [-0.05, 0) is 57.3 Å². The van der Waals surface area contributed by atoms with Crippen molar-refractivity contribution in [3.8, 4) is 0 Å². The Balaban J connectivity index is 1.59. The number of amides is 1. The number of aliphatic imine (C=N–C) groups is 1. The number of para-hydroxylation sites is 1. The standard InChI is InChI=1S/C21H33N5O/c1-3-22-21(23-15-18-11-8-13-25(18)4-2)24-16-20(27)26-14-7-10-17-9-5-6-12-19(17)26/h5-6,9,12,18H,3-4,7-8,10-11,13-16H2,1-2H3,(H2,22,23,24). The summed E-state index contributed by atoms with van der Waals surface area (Å²) in [5.41, 5.74) is 2.30. The number of likely N-dealkylation sites (tertiary alicyclic amines) is 1. The van der Waals surface area contributed by atoms with Gasteiger partial charge in [0.25, 0.3) is 0 Å². The first-order valence-electron chi connectivity index (χ1n) is 10.4. The summed E-state index contributed by atoms with van der Waals surface area (Å²) in [6.07, 6.45) is 4.55. The van der Waals surface area contributed by atoms with Gasteiger partial charge in [0.15, 0.2) is 5.96 Å². The van der Waals surface area contributed by atoms with Crippen LogP contribution in [-0.4, -0.2) is 62.1 Å². The Kier molecular flexibility index (Phi) is 7.10. The van der Waals surface area contributed by atoms with E-state index in [9.17, 15) is 4.79 Å². The van der Waals surface area contributed by atoms with E-state index in [-0.39, 0.29) is 12.5 Å². The fraction of sp³-hybridized carbons (Fsp3) is 0.619. The highest BCUT2D eigenvalue weighted by Gasteiger charge is 2.24. The number of aryl methyl sites for hydroxylation is 1. The molecule has 1 aromatic rings. The number of fused-ring (bicyclic) bond motifs is 1. The third kappa shape index (κ3) is 5.01. The molecule has 2 heterocycles. The van der Waals surface area contributed by atoms with Crippen LogP contribution >= 0.6 is 0 Å². The summed E-state index contributed by atoms with van der Waals surface area (Å²) in [4.78, 5) is 21.7. The SMILES string of the molecule is CCNC(=NCC(=O)N1CCCc2ccccc21)NCC1CCCN1CC. The minimum absolute atomic E-state index is 0.0652. The van der Waals surface area contributed by atoms with Crippen molar-refractivity contribution in [2.24, 2.45) is 4.99 Å². The summed E-state index contributed by atoms with van der Waals surface area (Å²) < 4.78 is 0. The van der Waals surface area contributed by atoms with Crippen LogP contribution < -0.4 is 15.5 Å². The number of nitrogens with zero attached hydrogens (tertiary/aromatic N) is 3. The molecule has 0 saturated carbocycles. The number of benzene rings is 1. The molecule has 0 aromatic heterocycles. The molecule has 2 N–H and O–H groups in total. The maximum atomic E-state index is 12.8. The van der Waals surface area contributed by atoms with Crippen LogP contribution in [0, 0.1) is 0 Å².